The van der Waals surface area contributed by atoms with Crippen LogP contribution in [-0.4, -0.2) is 25.5 Å². The monoisotopic (exact) mass is 387 g/mol. The second-order valence-corrected chi connectivity index (χ2v) is 7.01. The number of carbonyl (C=O) groups excluding carboxylic acids is 1. The predicted octanol–water partition coefficient (Wildman–Crippen LogP) is 2.67. The summed E-state index contributed by atoms with van der Waals surface area (Å²) in [5.74, 6) is 0.401. The summed E-state index contributed by atoms with van der Waals surface area (Å²) in [6.45, 7) is 2.60. The number of hydrogen-bond donors (Lipinski definition) is 1. The number of rotatable bonds is 5. The second-order valence-electron chi connectivity index (χ2n) is 7.01. The van der Waals surface area contributed by atoms with E-state index in [1.807, 2.05) is 37.3 Å². The number of aryl methyl sites for hydroxylation is 2. The fourth-order valence-electron chi connectivity index (χ4n) is 3.39. The molecule has 7 heteroatoms. The molecule has 29 heavy (non-hydrogen) atoms. The Bertz CT molecular complexity index is 1260. The lowest BCUT2D eigenvalue weighted by Crippen LogP contribution is -2.24. The Kier molecular flexibility index (Phi) is 4.95. The van der Waals surface area contributed by atoms with E-state index in [4.69, 9.17) is 0 Å². The van der Waals surface area contributed by atoms with E-state index in [1.165, 1.54) is 10.2 Å². The molecule has 0 saturated heterocycles. The fraction of sp³-hybridized carbons (Fsp3) is 0.182. The number of nitrogens with one attached hydrogen (secondary N) is 1. The van der Waals surface area contributed by atoms with Gasteiger partial charge >= 0.3 is 0 Å². The summed E-state index contributed by atoms with van der Waals surface area (Å²) in [5, 5.41) is 12.8. The molecule has 0 unspecified atom stereocenters. The van der Waals surface area contributed by atoms with Crippen molar-refractivity contribution in [2.24, 2.45) is 7.05 Å². The maximum atomic E-state index is 12.7. The van der Waals surface area contributed by atoms with E-state index in [0.717, 1.165) is 5.56 Å². The zero-order valence-corrected chi connectivity index (χ0v) is 16.3. The van der Waals surface area contributed by atoms with Crippen molar-refractivity contribution in [3.63, 3.8) is 0 Å². The maximum absolute atomic E-state index is 12.7. The van der Waals surface area contributed by atoms with E-state index in [-0.39, 0.29) is 17.9 Å². The highest BCUT2D eigenvalue weighted by atomic mass is 16.2. The third kappa shape index (κ3) is 3.94. The average molecular weight is 387 g/mol. The van der Waals surface area contributed by atoms with Crippen LogP contribution in [0, 0.1) is 6.92 Å². The third-order valence-electron chi connectivity index (χ3n) is 4.76. The predicted molar refractivity (Wildman–Crippen MR) is 112 cm³/mol. The Morgan fingerprint density at radius 3 is 2.66 bits per heavy atom. The van der Waals surface area contributed by atoms with E-state index in [1.54, 1.807) is 36.1 Å². The summed E-state index contributed by atoms with van der Waals surface area (Å²) < 4.78 is 3.02. The summed E-state index contributed by atoms with van der Waals surface area (Å²) >= 11 is 0. The van der Waals surface area contributed by atoms with E-state index >= 15 is 0 Å². The van der Waals surface area contributed by atoms with Crippen LogP contribution in [0.15, 0.2) is 65.6 Å². The first-order valence-electron chi connectivity index (χ1n) is 9.33. The minimum absolute atomic E-state index is 0.0598. The topological polar surface area (TPSA) is 81.8 Å². The number of anilines is 1. The molecule has 4 rings (SSSR count). The van der Waals surface area contributed by atoms with Crippen molar-refractivity contribution in [1.82, 2.24) is 19.6 Å². The molecule has 0 aliphatic carbocycles. The van der Waals surface area contributed by atoms with Crippen molar-refractivity contribution in [3.05, 3.63) is 88.0 Å². The van der Waals surface area contributed by atoms with Crippen LogP contribution in [-0.2, 0) is 24.8 Å². The lowest BCUT2D eigenvalue weighted by molar-refractivity contribution is -0.115. The highest BCUT2D eigenvalue weighted by Gasteiger charge is 2.14. The quantitative estimate of drug-likeness (QED) is 0.571. The molecule has 146 valence electrons. The molecule has 1 N–H and O–H groups in total. The van der Waals surface area contributed by atoms with Gasteiger partial charge in [0.2, 0.25) is 5.91 Å². The molecule has 0 atom stereocenters. The SMILES string of the molecule is Cc1cccc(Cn2nccc2NC(=O)Cc2nn(C)c(=O)c3ccccc23)c1. The summed E-state index contributed by atoms with van der Waals surface area (Å²) in [7, 11) is 1.59. The van der Waals surface area contributed by atoms with E-state index in [9.17, 15) is 9.59 Å². The molecule has 0 radical (unpaired) electrons. The first kappa shape index (κ1) is 18.6. The molecule has 2 heterocycles. The number of fused-ring (bicyclic) bond motifs is 1. The van der Waals surface area contributed by atoms with Gasteiger partial charge in [-0.1, -0.05) is 48.0 Å². The van der Waals surface area contributed by atoms with Gasteiger partial charge in [0.25, 0.3) is 5.56 Å². The standard InChI is InChI=1S/C22H21N5O2/c1-15-6-5-7-16(12-15)14-27-20(10-11-23-27)24-21(28)13-19-17-8-3-4-9-18(17)22(29)26(2)25-19/h3-12H,13-14H2,1-2H3,(H,24,28). The van der Waals surface area contributed by atoms with Gasteiger partial charge in [0.15, 0.2) is 0 Å². The molecule has 2 aromatic carbocycles. The van der Waals surface area contributed by atoms with Crippen LogP contribution >= 0.6 is 0 Å². The molecule has 0 spiro atoms. The van der Waals surface area contributed by atoms with Crippen LogP contribution in [0.3, 0.4) is 0 Å². The molecule has 0 bridgehead atoms. The second kappa shape index (κ2) is 7.71. The maximum Gasteiger partial charge on any atom is 0.274 e. The van der Waals surface area contributed by atoms with Crippen LogP contribution in [0.4, 0.5) is 5.82 Å². The van der Waals surface area contributed by atoms with Gasteiger partial charge < -0.3 is 5.32 Å². The summed E-state index contributed by atoms with van der Waals surface area (Å²) in [4.78, 5) is 25.0. The number of nitrogens with zero attached hydrogens (tertiary/aromatic N) is 4. The Morgan fingerprint density at radius 1 is 1.07 bits per heavy atom. The molecule has 2 aromatic heterocycles. The third-order valence-corrected chi connectivity index (χ3v) is 4.76. The Morgan fingerprint density at radius 2 is 1.86 bits per heavy atom. The lowest BCUT2D eigenvalue weighted by atomic mass is 10.1. The molecule has 0 aliphatic heterocycles. The summed E-state index contributed by atoms with van der Waals surface area (Å²) in [6, 6.07) is 17.1. The van der Waals surface area contributed by atoms with Crippen LogP contribution in [0.25, 0.3) is 10.8 Å². The Labute approximate surface area is 167 Å². The van der Waals surface area contributed by atoms with Gasteiger partial charge in [-0.2, -0.15) is 10.2 Å². The van der Waals surface area contributed by atoms with Crippen LogP contribution < -0.4 is 10.9 Å². The van der Waals surface area contributed by atoms with Gasteiger partial charge in [-0.15, -0.1) is 0 Å². The van der Waals surface area contributed by atoms with Gasteiger partial charge in [0, 0.05) is 18.5 Å². The van der Waals surface area contributed by atoms with Gasteiger partial charge in [-0.25, -0.2) is 9.36 Å². The molecule has 0 aliphatic rings. The van der Waals surface area contributed by atoms with Gasteiger partial charge in [0.05, 0.1) is 30.2 Å². The van der Waals surface area contributed by atoms with E-state index < -0.39 is 0 Å². The summed E-state index contributed by atoms with van der Waals surface area (Å²) in [5.41, 5.74) is 2.66. The Balaban J connectivity index is 1.55. The largest absolute Gasteiger partial charge is 0.311 e. The van der Waals surface area contributed by atoms with Crippen molar-refractivity contribution in [2.75, 3.05) is 5.32 Å². The summed E-state index contributed by atoms with van der Waals surface area (Å²) in [6.07, 6.45) is 1.72. The first-order chi connectivity index (χ1) is 14.0. The average Bonchev–Trinajstić information content (AvgIpc) is 3.12. The van der Waals surface area contributed by atoms with E-state index in [0.29, 0.717) is 28.8 Å². The van der Waals surface area contributed by atoms with Crippen molar-refractivity contribution in [1.29, 1.82) is 0 Å². The lowest BCUT2D eigenvalue weighted by Gasteiger charge is -2.11. The van der Waals surface area contributed by atoms with Crippen molar-refractivity contribution >= 4 is 22.5 Å². The van der Waals surface area contributed by atoms with Gasteiger partial charge in [0.1, 0.15) is 5.82 Å². The smallest absolute Gasteiger partial charge is 0.274 e. The first-order valence-corrected chi connectivity index (χ1v) is 9.33. The minimum Gasteiger partial charge on any atom is -0.311 e. The number of hydrogen-bond acceptors (Lipinski definition) is 4. The van der Waals surface area contributed by atoms with Crippen molar-refractivity contribution in [3.8, 4) is 0 Å². The molecular formula is C22H21N5O2. The normalized spacial score (nSPS) is 11.0. The number of benzene rings is 2. The molecule has 4 aromatic rings. The van der Waals surface area contributed by atoms with Gasteiger partial charge in [-0.05, 0) is 18.6 Å². The van der Waals surface area contributed by atoms with Crippen molar-refractivity contribution in [2.45, 2.75) is 19.9 Å². The van der Waals surface area contributed by atoms with Crippen LogP contribution in [0.2, 0.25) is 0 Å². The minimum atomic E-state index is -0.215. The molecule has 0 fully saturated rings. The fourth-order valence-corrected chi connectivity index (χ4v) is 3.39. The number of carbonyl (C=O) groups is 1. The molecule has 0 saturated carbocycles. The Hall–Kier alpha value is -3.74. The zero-order chi connectivity index (χ0) is 20.4. The number of aromatic nitrogens is 4. The molecule has 7 nitrogen and oxygen atoms in total. The van der Waals surface area contributed by atoms with Crippen LogP contribution in [0.1, 0.15) is 16.8 Å². The van der Waals surface area contributed by atoms with Crippen molar-refractivity contribution < 1.29 is 4.79 Å². The number of amides is 1. The molecular weight excluding hydrogens is 366 g/mol. The highest BCUT2D eigenvalue weighted by Crippen LogP contribution is 2.15. The van der Waals surface area contributed by atoms with Crippen LogP contribution in [0.5, 0.6) is 0 Å². The zero-order valence-electron chi connectivity index (χ0n) is 16.3. The highest BCUT2D eigenvalue weighted by molar-refractivity contribution is 5.94. The van der Waals surface area contributed by atoms with Gasteiger partial charge in [-0.3, -0.25) is 9.59 Å². The van der Waals surface area contributed by atoms with E-state index in [2.05, 4.69) is 21.6 Å². The molecule has 1 amide bonds.